The highest BCUT2D eigenvalue weighted by molar-refractivity contribution is 5.74. The number of piperazine rings is 2. The normalized spacial score (nSPS) is 23.4. The first kappa shape index (κ1) is 24.5. The zero-order valence-corrected chi connectivity index (χ0v) is 19.3. The van der Waals surface area contributed by atoms with Gasteiger partial charge in [-0.05, 0) is 25.9 Å². The number of cyclic esters (lactones) is 1. The van der Waals surface area contributed by atoms with Gasteiger partial charge < -0.3 is 29.9 Å². The Labute approximate surface area is 190 Å². The number of guanidine groups is 1. The topological polar surface area (TPSA) is 119 Å². The first-order valence-electron chi connectivity index (χ1n) is 11.7. The number of rotatable bonds is 10. The third kappa shape index (κ3) is 7.49. The summed E-state index contributed by atoms with van der Waals surface area (Å²) < 4.78 is 10.3. The van der Waals surface area contributed by atoms with Crippen LogP contribution in [-0.2, 0) is 14.3 Å². The minimum atomic E-state index is -0.196. The molecule has 1 unspecified atom stereocenters. The Morgan fingerprint density at radius 1 is 1.00 bits per heavy atom. The monoisotopic (exact) mass is 453 g/mol. The van der Waals surface area contributed by atoms with Gasteiger partial charge in [-0.1, -0.05) is 0 Å². The molecule has 182 valence electrons. The van der Waals surface area contributed by atoms with Crippen LogP contribution in [0.3, 0.4) is 0 Å². The van der Waals surface area contributed by atoms with E-state index >= 15 is 0 Å². The lowest BCUT2D eigenvalue weighted by Crippen LogP contribution is -2.51. The molecule has 0 radical (unpaired) electrons. The highest BCUT2D eigenvalue weighted by Gasteiger charge is 2.33. The molecule has 0 aromatic carbocycles. The van der Waals surface area contributed by atoms with Gasteiger partial charge in [-0.3, -0.25) is 20.0 Å². The Morgan fingerprint density at radius 2 is 1.59 bits per heavy atom. The van der Waals surface area contributed by atoms with Crippen molar-refractivity contribution < 1.29 is 19.1 Å². The van der Waals surface area contributed by atoms with Crippen molar-refractivity contribution in [3.8, 4) is 0 Å². The summed E-state index contributed by atoms with van der Waals surface area (Å²) in [5.41, 5.74) is 5.54. The van der Waals surface area contributed by atoms with E-state index < -0.39 is 0 Å². The fourth-order valence-electron chi connectivity index (χ4n) is 4.58. The number of carbonyl (C=O) groups excluding carboxylic acids is 2. The maximum absolute atomic E-state index is 12.3. The van der Waals surface area contributed by atoms with Crippen molar-refractivity contribution in [2.45, 2.75) is 25.4 Å². The maximum Gasteiger partial charge on any atom is 0.410 e. The summed E-state index contributed by atoms with van der Waals surface area (Å²) in [6.07, 6.45) is 1.96. The Hall–Kier alpha value is -2.11. The van der Waals surface area contributed by atoms with Crippen molar-refractivity contribution in [3.05, 3.63) is 0 Å². The van der Waals surface area contributed by atoms with E-state index in [1.807, 2.05) is 9.80 Å². The van der Waals surface area contributed by atoms with Crippen molar-refractivity contribution in [1.82, 2.24) is 24.5 Å². The Bertz CT molecular complexity index is 634. The maximum atomic E-state index is 12.3. The van der Waals surface area contributed by atoms with E-state index in [0.29, 0.717) is 13.0 Å². The first-order valence-corrected chi connectivity index (χ1v) is 11.7. The number of amides is 1. The summed E-state index contributed by atoms with van der Waals surface area (Å²) in [6, 6.07) is 0. The summed E-state index contributed by atoms with van der Waals surface area (Å²) >= 11 is 0. The molecule has 3 heterocycles. The summed E-state index contributed by atoms with van der Waals surface area (Å²) in [5.74, 6) is 0.00211. The van der Waals surface area contributed by atoms with Gasteiger partial charge in [0.1, 0.15) is 6.10 Å². The molecule has 3 N–H and O–H groups in total. The van der Waals surface area contributed by atoms with Crippen molar-refractivity contribution in [1.29, 1.82) is 5.41 Å². The minimum absolute atomic E-state index is 0.0625. The number of esters is 1. The Balaban J connectivity index is 1.27. The molecule has 11 nitrogen and oxygen atoms in total. The van der Waals surface area contributed by atoms with Gasteiger partial charge in [0.05, 0.1) is 13.7 Å². The van der Waals surface area contributed by atoms with Crippen LogP contribution in [-0.4, -0.2) is 141 Å². The van der Waals surface area contributed by atoms with Gasteiger partial charge in [-0.15, -0.1) is 0 Å². The molecule has 11 heteroatoms. The first-order chi connectivity index (χ1) is 15.4. The molecule has 0 aromatic heterocycles. The van der Waals surface area contributed by atoms with E-state index in [-0.39, 0.29) is 24.1 Å². The number of hydrogen-bond donors (Lipinski definition) is 2. The molecule has 3 aliphatic rings. The van der Waals surface area contributed by atoms with E-state index in [1.54, 1.807) is 0 Å². The second-order valence-electron chi connectivity index (χ2n) is 8.84. The van der Waals surface area contributed by atoms with Gasteiger partial charge >= 0.3 is 12.1 Å². The predicted molar refractivity (Wildman–Crippen MR) is 121 cm³/mol. The SMILES string of the molecule is COC(=O)CCCN1CCN(CC2CN(CCCN3CCN(C(=N)N)CC3)C(=O)O2)CC1. The fraction of sp³-hybridized carbons (Fsp3) is 0.857. The minimum Gasteiger partial charge on any atom is -0.469 e. The molecule has 1 amide bonds. The highest BCUT2D eigenvalue weighted by atomic mass is 16.6. The van der Waals surface area contributed by atoms with E-state index in [4.69, 9.17) is 15.9 Å². The van der Waals surface area contributed by atoms with Gasteiger partial charge in [-0.25, -0.2) is 4.79 Å². The van der Waals surface area contributed by atoms with Crippen LogP contribution in [0.4, 0.5) is 4.79 Å². The Morgan fingerprint density at radius 3 is 2.22 bits per heavy atom. The van der Waals surface area contributed by atoms with Gasteiger partial charge in [0.15, 0.2) is 5.96 Å². The van der Waals surface area contributed by atoms with Crippen LogP contribution in [0.2, 0.25) is 0 Å². The van der Waals surface area contributed by atoms with Crippen molar-refractivity contribution in [2.24, 2.45) is 5.73 Å². The molecule has 3 aliphatic heterocycles. The summed E-state index contributed by atoms with van der Waals surface area (Å²) in [7, 11) is 1.43. The van der Waals surface area contributed by atoms with Crippen LogP contribution in [0.5, 0.6) is 0 Å². The smallest absolute Gasteiger partial charge is 0.410 e. The molecule has 0 bridgehead atoms. The predicted octanol–water partition coefficient (Wildman–Crippen LogP) is -0.721. The van der Waals surface area contributed by atoms with Crippen LogP contribution in [0.25, 0.3) is 0 Å². The molecule has 0 saturated carbocycles. The average molecular weight is 454 g/mol. The molecule has 3 fully saturated rings. The fourth-order valence-corrected chi connectivity index (χ4v) is 4.58. The summed E-state index contributed by atoms with van der Waals surface area (Å²) in [5, 5.41) is 7.50. The lowest BCUT2D eigenvalue weighted by Gasteiger charge is -2.35. The lowest BCUT2D eigenvalue weighted by molar-refractivity contribution is -0.140. The van der Waals surface area contributed by atoms with Crippen LogP contribution in [0.15, 0.2) is 0 Å². The molecule has 0 aromatic rings. The number of hydrogen-bond acceptors (Lipinski definition) is 8. The number of methoxy groups -OCH3 is 1. The number of ether oxygens (including phenoxy) is 2. The van der Waals surface area contributed by atoms with Crippen molar-refractivity contribution in [3.63, 3.8) is 0 Å². The zero-order chi connectivity index (χ0) is 22.9. The van der Waals surface area contributed by atoms with Crippen LogP contribution >= 0.6 is 0 Å². The molecule has 0 spiro atoms. The zero-order valence-electron chi connectivity index (χ0n) is 19.3. The number of nitrogens with one attached hydrogen (secondary N) is 1. The van der Waals surface area contributed by atoms with Crippen LogP contribution < -0.4 is 5.73 Å². The van der Waals surface area contributed by atoms with E-state index in [0.717, 1.165) is 91.4 Å². The molecule has 3 saturated heterocycles. The quantitative estimate of drug-likeness (QED) is 0.251. The Kier molecular flexibility index (Phi) is 9.36. The van der Waals surface area contributed by atoms with E-state index in [1.165, 1.54) is 7.11 Å². The molecule has 3 rings (SSSR count). The second-order valence-corrected chi connectivity index (χ2v) is 8.84. The number of nitrogens with two attached hydrogens (primary N) is 1. The number of nitrogens with zero attached hydrogens (tertiary/aromatic N) is 5. The van der Waals surface area contributed by atoms with E-state index in [2.05, 4.69) is 19.4 Å². The largest absolute Gasteiger partial charge is 0.469 e. The van der Waals surface area contributed by atoms with Gasteiger partial charge in [0.25, 0.3) is 0 Å². The van der Waals surface area contributed by atoms with Crippen molar-refractivity contribution >= 4 is 18.0 Å². The van der Waals surface area contributed by atoms with Crippen LogP contribution in [0, 0.1) is 5.41 Å². The van der Waals surface area contributed by atoms with Gasteiger partial charge in [0.2, 0.25) is 0 Å². The highest BCUT2D eigenvalue weighted by Crippen LogP contribution is 2.15. The third-order valence-electron chi connectivity index (χ3n) is 6.57. The second kappa shape index (κ2) is 12.2. The average Bonchev–Trinajstić information content (AvgIpc) is 3.14. The molecule has 0 aliphatic carbocycles. The number of carbonyl (C=O) groups is 2. The van der Waals surface area contributed by atoms with Crippen molar-refractivity contribution in [2.75, 3.05) is 92.2 Å². The van der Waals surface area contributed by atoms with Crippen LogP contribution in [0.1, 0.15) is 19.3 Å². The molecular formula is C21H39N7O4. The molecular weight excluding hydrogens is 414 g/mol. The summed E-state index contributed by atoms with van der Waals surface area (Å²) in [4.78, 5) is 34.3. The standard InChI is InChI=1S/C21H39N7O4/c1-31-19(29)4-2-5-24-8-10-26(11-9-24)16-18-17-28(21(30)32-18)7-3-6-25-12-14-27(15-13-25)20(22)23/h18H,2-17H2,1H3,(H3,22,23). The lowest BCUT2D eigenvalue weighted by atomic mass is 10.2. The molecule has 1 atom stereocenters. The van der Waals surface area contributed by atoms with E-state index in [9.17, 15) is 9.59 Å². The third-order valence-corrected chi connectivity index (χ3v) is 6.57. The van der Waals surface area contributed by atoms with Gasteiger partial charge in [0, 0.05) is 71.9 Å². The summed E-state index contributed by atoms with van der Waals surface area (Å²) in [6.45, 7) is 11.3. The van der Waals surface area contributed by atoms with Gasteiger partial charge in [-0.2, -0.15) is 0 Å². The molecule has 32 heavy (non-hydrogen) atoms.